The number of amides is 2. The van der Waals surface area contributed by atoms with Gasteiger partial charge in [0, 0.05) is 75.6 Å². The molecule has 4 heterocycles. The Kier molecular flexibility index (Phi) is 6.62. The number of hydrogen-bond donors (Lipinski definition) is 0. The highest BCUT2D eigenvalue weighted by Gasteiger charge is 2.37. The van der Waals surface area contributed by atoms with Crippen LogP contribution in [0.3, 0.4) is 0 Å². The van der Waals surface area contributed by atoms with Crippen molar-refractivity contribution in [3.05, 3.63) is 95.0 Å². The monoisotopic (exact) mass is 528 g/mol. The highest BCUT2D eigenvalue weighted by Crippen LogP contribution is 2.30. The number of rotatable bonds is 5. The molecule has 1 aliphatic carbocycles. The fraction of sp³-hybridized carbons (Fsp3) is 0.310. The number of ketones is 2. The van der Waals surface area contributed by atoms with Gasteiger partial charge in [0.15, 0.2) is 17.3 Å². The molecule has 0 bridgehead atoms. The molecule has 0 radical (unpaired) electrons. The van der Waals surface area contributed by atoms with Crippen LogP contribution in [0.15, 0.2) is 81.2 Å². The van der Waals surface area contributed by atoms with E-state index >= 15 is 0 Å². The number of hydrogen-bond acceptors (Lipinski definition) is 8. The molecule has 0 atom stereocenters. The molecule has 0 unspecified atom stereocenters. The van der Waals surface area contributed by atoms with Crippen LogP contribution in [-0.4, -0.2) is 102 Å². The maximum atomic E-state index is 13.8. The summed E-state index contributed by atoms with van der Waals surface area (Å²) in [5.41, 5.74) is 1.71. The maximum Gasteiger partial charge on any atom is 0.289 e. The van der Waals surface area contributed by atoms with Gasteiger partial charge in [0.05, 0.1) is 18.2 Å². The lowest BCUT2D eigenvalue weighted by Crippen LogP contribution is -2.52. The summed E-state index contributed by atoms with van der Waals surface area (Å²) in [6, 6.07) is 13.6. The molecule has 2 amide bonds. The van der Waals surface area contributed by atoms with Gasteiger partial charge < -0.3 is 23.5 Å². The molecule has 2 saturated heterocycles. The van der Waals surface area contributed by atoms with Crippen molar-refractivity contribution in [2.24, 2.45) is 0 Å². The Bertz CT molecular complexity index is 1430. The SMILES string of the molecule is O=C1C(CN2CCN(C(=O)c3ccco3)CC2)=C(N2CCN(C(=O)c3ccco3)CC2)C(=O)c2ccccc21. The number of nitrogens with zero attached hydrogens (tertiary/aromatic N) is 4. The number of benzene rings is 1. The van der Waals surface area contributed by atoms with Crippen molar-refractivity contribution in [3.8, 4) is 0 Å². The summed E-state index contributed by atoms with van der Waals surface area (Å²) in [5, 5.41) is 0. The van der Waals surface area contributed by atoms with E-state index in [1.165, 1.54) is 12.5 Å². The quantitative estimate of drug-likeness (QED) is 0.497. The lowest BCUT2D eigenvalue weighted by molar-refractivity contribution is 0.0608. The van der Waals surface area contributed by atoms with Crippen molar-refractivity contribution in [3.63, 3.8) is 0 Å². The van der Waals surface area contributed by atoms with Gasteiger partial charge in [-0.1, -0.05) is 24.3 Å². The van der Waals surface area contributed by atoms with Gasteiger partial charge in [0.2, 0.25) is 5.78 Å². The molecule has 0 spiro atoms. The topological polar surface area (TPSA) is 108 Å². The van der Waals surface area contributed by atoms with Gasteiger partial charge >= 0.3 is 0 Å². The van der Waals surface area contributed by atoms with Crippen LogP contribution in [0.25, 0.3) is 0 Å². The van der Waals surface area contributed by atoms with Crippen molar-refractivity contribution in [1.29, 1.82) is 0 Å². The minimum absolute atomic E-state index is 0.150. The van der Waals surface area contributed by atoms with E-state index in [-0.39, 0.29) is 29.1 Å². The summed E-state index contributed by atoms with van der Waals surface area (Å²) in [5.74, 6) is -0.0683. The van der Waals surface area contributed by atoms with Crippen LogP contribution < -0.4 is 0 Å². The molecule has 6 rings (SSSR count). The van der Waals surface area contributed by atoms with Crippen LogP contribution in [0.5, 0.6) is 0 Å². The molecular formula is C29H28N4O6. The summed E-state index contributed by atoms with van der Waals surface area (Å²) in [6.45, 7) is 4.11. The normalized spacial score (nSPS) is 18.5. The fourth-order valence-corrected chi connectivity index (χ4v) is 5.47. The number of carbonyl (C=O) groups excluding carboxylic acids is 4. The zero-order chi connectivity index (χ0) is 26.9. The molecule has 1 aromatic carbocycles. The summed E-state index contributed by atoms with van der Waals surface area (Å²) in [6.07, 6.45) is 2.95. The van der Waals surface area contributed by atoms with Gasteiger partial charge in [0.1, 0.15) is 0 Å². The average Bonchev–Trinajstić information content (AvgIpc) is 3.71. The van der Waals surface area contributed by atoms with Crippen molar-refractivity contribution >= 4 is 23.4 Å². The second kappa shape index (κ2) is 10.4. The zero-order valence-electron chi connectivity index (χ0n) is 21.4. The van der Waals surface area contributed by atoms with Crippen molar-refractivity contribution in [2.45, 2.75) is 0 Å². The van der Waals surface area contributed by atoms with E-state index < -0.39 is 0 Å². The molecule has 3 aromatic rings. The van der Waals surface area contributed by atoms with Gasteiger partial charge in [0.25, 0.3) is 11.8 Å². The lowest BCUT2D eigenvalue weighted by atomic mass is 9.86. The van der Waals surface area contributed by atoms with Gasteiger partial charge in [-0.05, 0) is 24.3 Å². The third kappa shape index (κ3) is 4.67. The lowest BCUT2D eigenvalue weighted by Gasteiger charge is -2.40. The molecule has 0 saturated carbocycles. The Labute approximate surface area is 225 Å². The minimum Gasteiger partial charge on any atom is -0.459 e. The zero-order valence-corrected chi connectivity index (χ0v) is 21.4. The average molecular weight is 529 g/mol. The van der Waals surface area contributed by atoms with E-state index in [1.54, 1.807) is 58.3 Å². The van der Waals surface area contributed by atoms with Gasteiger partial charge in [-0.3, -0.25) is 24.1 Å². The first-order valence-corrected chi connectivity index (χ1v) is 13.1. The predicted molar refractivity (Wildman–Crippen MR) is 139 cm³/mol. The van der Waals surface area contributed by atoms with Crippen molar-refractivity contribution < 1.29 is 28.0 Å². The first-order chi connectivity index (χ1) is 19.0. The Morgan fingerprint density at radius 3 is 1.67 bits per heavy atom. The first-order valence-electron chi connectivity index (χ1n) is 13.1. The predicted octanol–water partition coefficient (Wildman–Crippen LogP) is 2.42. The largest absolute Gasteiger partial charge is 0.459 e. The Morgan fingerprint density at radius 2 is 1.15 bits per heavy atom. The number of Topliss-reactive ketones (excluding diaryl/α,β-unsaturated/α-hetero) is 2. The van der Waals surface area contributed by atoms with Crippen LogP contribution in [0, 0.1) is 0 Å². The Morgan fingerprint density at radius 1 is 0.641 bits per heavy atom. The first kappa shape index (κ1) is 24.9. The van der Waals surface area contributed by atoms with Crippen LogP contribution in [0.1, 0.15) is 41.8 Å². The number of piperazine rings is 2. The smallest absolute Gasteiger partial charge is 0.289 e. The second-order valence-corrected chi connectivity index (χ2v) is 9.83. The molecular weight excluding hydrogens is 500 g/mol. The van der Waals surface area contributed by atoms with Crippen LogP contribution in [0.2, 0.25) is 0 Å². The van der Waals surface area contributed by atoms with Crippen LogP contribution >= 0.6 is 0 Å². The van der Waals surface area contributed by atoms with Gasteiger partial charge in [-0.25, -0.2) is 0 Å². The summed E-state index contributed by atoms with van der Waals surface area (Å²) >= 11 is 0. The molecule has 0 N–H and O–H groups in total. The summed E-state index contributed by atoms with van der Waals surface area (Å²) in [7, 11) is 0. The van der Waals surface area contributed by atoms with Crippen molar-refractivity contribution in [1.82, 2.24) is 19.6 Å². The Balaban J connectivity index is 1.21. The molecule has 3 aliphatic rings. The van der Waals surface area contributed by atoms with E-state index in [4.69, 9.17) is 8.83 Å². The number of furan rings is 2. The number of allylic oxidation sites excluding steroid dienone is 1. The van der Waals surface area contributed by atoms with E-state index in [0.717, 1.165) is 0 Å². The standard InChI is InChI=1S/C29H28N4O6/c34-26-20-5-1-2-6-21(20)27(35)25(31-13-15-33(16-14-31)29(37)24-8-4-18-39-24)22(26)19-30-9-11-32(12-10-30)28(36)23-7-3-17-38-23/h1-8,17-18H,9-16,19H2. The molecule has 39 heavy (non-hydrogen) atoms. The maximum absolute atomic E-state index is 13.8. The third-order valence-corrected chi connectivity index (χ3v) is 7.58. The number of carbonyl (C=O) groups is 4. The minimum atomic E-state index is -0.188. The highest BCUT2D eigenvalue weighted by atomic mass is 16.3. The molecule has 2 fully saturated rings. The van der Waals surface area contributed by atoms with E-state index in [0.29, 0.717) is 87.1 Å². The molecule has 2 aliphatic heterocycles. The molecule has 2 aromatic heterocycles. The van der Waals surface area contributed by atoms with Crippen LogP contribution in [0.4, 0.5) is 0 Å². The highest BCUT2D eigenvalue weighted by molar-refractivity contribution is 6.26. The van der Waals surface area contributed by atoms with E-state index in [1.807, 2.05) is 4.90 Å². The molecule has 200 valence electrons. The van der Waals surface area contributed by atoms with Crippen molar-refractivity contribution in [2.75, 3.05) is 58.9 Å². The third-order valence-electron chi connectivity index (χ3n) is 7.58. The van der Waals surface area contributed by atoms with Gasteiger partial charge in [-0.2, -0.15) is 0 Å². The summed E-state index contributed by atoms with van der Waals surface area (Å²) in [4.78, 5) is 60.4. The van der Waals surface area contributed by atoms with Crippen LogP contribution in [-0.2, 0) is 0 Å². The van der Waals surface area contributed by atoms with Gasteiger partial charge in [-0.15, -0.1) is 0 Å². The summed E-state index contributed by atoms with van der Waals surface area (Å²) < 4.78 is 10.5. The second-order valence-electron chi connectivity index (χ2n) is 9.83. The fourth-order valence-electron chi connectivity index (χ4n) is 5.47. The molecule has 10 heteroatoms. The number of fused-ring (bicyclic) bond motifs is 1. The van der Waals surface area contributed by atoms with E-state index in [2.05, 4.69) is 4.90 Å². The van der Waals surface area contributed by atoms with E-state index in [9.17, 15) is 19.2 Å². The molecule has 10 nitrogen and oxygen atoms in total. The Hall–Kier alpha value is -4.44.